The van der Waals surface area contributed by atoms with Crippen LogP contribution in [0, 0.1) is 11.6 Å². The Morgan fingerprint density at radius 1 is 1.14 bits per heavy atom. The number of halogens is 3. The number of para-hydroxylation sites is 2. The maximum atomic E-state index is 14.0. The molecule has 1 aromatic heterocycles. The second kappa shape index (κ2) is 5.70. The highest BCUT2D eigenvalue weighted by molar-refractivity contribution is 7.98. The number of hydrogen-bond donors (Lipinski definition) is 0. The van der Waals surface area contributed by atoms with Crippen LogP contribution in [0.15, 0.2) is 46.3 Å². The van der Waals surface area contributed by atoms with Gasteiger partial charge in [-0.05, 0) is 30.5 Å². The first-order valence-electron chi connectivity index (χ1n) is 6.24. The Hall–Kier alpha value is -1.92. The molecule has 0 fully saturated rings. The van der Waals surface area contributed by atoms with Crippen LogP contribution in [0.1, 0.15) is 0 Å². The minimum absolute atomic E-state index is 0.162. The van der Waals surface area contributed by atoms with Gasteiger partial charge in [0.1, 0.15) is 17.3 Å². The minimum Gasteiger partial charge on any atom is -0.268 e. The third kappa shape index (κ3) is 2.28. The van der Waals surface area contributed by atoms with Crippen molar-refractivity contribution >= 4 is 34.3 Å². The van der Waals surface area contributed by atoms with Gasteiger partial charge in [0.2, 0.25) is 0 Å². The lowest BCUT2D eigenvalue weighted by Crippen LogP contribution is -2.23. The molecule has 0 bridgehead atoms. The number of fused-ring (bicyclic) bond motifs is 1. The van der Waals surface area contributed by atoms with Crippen molar-refractivity contribution in [3.05, 3.63) is 63.4 Å². The predicted molar refractivity (Wildman–Crippen MR) is 84.0 cm³/mol. The fourth-order valence-electron chi connectivity index (χ4n) is 2.19. The molecule has 0 saturated heterocycles. The van der Waals surface area contributed by atoms with Crippen molar-refractivity contribution in [2.45, 2.75) is 5.16 Å². The fourth-order valence-corrected chi connectivity index (χ4v) is 2.95. The van der Waals surface area contributed by atoms with Crippen LogP contribution in [0.3, 0.4) is 0 Å². The molecule has 3 aromatic rings. The Morgan fingerprint density at radius 2 is 1.77 bits per heavy atom. The molecule has 1 heterocycles. The van der Waals surface area contributed by atoms with Crippen LogP contribution in [0.4, 0.5) is 8.78 Å². The van der Waals surface area contributed by atoms with Crippen LogP contribution >= 0.6 is 23.4 Å². The van der Waals surface area contributed by atoms with Crippen LogP contribution in [0.25, 0.3) is 16.6 Å². The van der Waals surface area contributed by atoms with Crippen molar-refractivity contribution in [3.8, 4) is 5.69 Å². The highest BCUT2D eigenvalue weighted by Gasteiger charge is 2.19. The van der Waals surface area contributed by atoms with Gasteiger partial charge in [-0.3, -0.25) is 4.79 Å². The van der Waals surface area contributed by atoms with Gasteiger partial charge in [0.25, 0.3) is 5.56 Å². The van der Waals surface area contributed by atoms with Gasteiger partial charge < -0.3 is 0 Å². The Kier molecular flexibility index (Phi) is 3.88. The third-order valence-electron chi connectivity index (χ3n) is 3.16. The summed E-state index contributed by atoms with van der Waals surface area (Å²) < 4.78 is 29.0. The van der Waals surface area contributed by atoms with Crippen LogP contribution in [-0.2, 0) is 0 Å². The number of thioether (sulfide) groups is 1. The maximum absolute atomic E-state index is 14.0. The molecule has 0 atom stereocenters. The van der Waals surface area contributed by atoms with Gasteiger partial charge in [0, 0.05) is 0 Å². The standard InChI is InChI=1S/C15H9ClF2N2OS/c1-22-15-19-12-8(4-2-5-9(12)16)14(21)20(15)13-10(17)6-3-7-11(13)18/h2-7H,1H3. The van der Waals surface area contributed by atoms with E-state index < -0.39 is 22.9 Å². The van der Waals surface area contributed by atoms with Crippen LogP contribution in [0.2, 0.25) is 5.02 Å². The molecule has 0 amide bonds. The van der Waals surface area contributed by atoms with Gasteiger partial charge in [0.05, 0.1) is 15.9 Å². The van der Waals surface area contributed by atoms with Gasteiger partial charge in [-0.2, -0.15) is 0 Å². The minimum atomic E-state index is -0.833. The molecule has 7 heteroatoms. The lowest BCUT2D eigenvalue weighted by molar-refractivity contribution is 0.557. The molecule has 112 valence electrons. The van der Waals surface area contributed by atoms with E-state index in [9.17, 15) is 13.6 Å². The third-order valence-corrected chi connectivity index (χ3v) is 4.11. The molecule has 0 unspecified atom stereocenters. The molecule has 0 radical (unpaired) electrons. The lowest BCUT2D eigenvalue weighted by atomic mass is 10.2. The summed E-state index contributed by atoms with van der Waals surface area (Å²) in [6, 6.07) is 8.15. The summed E-state index contributed by atoms with van der Waals surface area (Å²) >= 11 is 7.16. The molecule has 0 aliphatic carbocycles. The van der Waals surface area contributed by atoms with E-state index in [-0.39, 0.29) is 10.5 Å². The summed E-state index contributed by atoms with van der Waals surface area (Å²) in [5, 5.41) is 0.675. The first kappa shape index (κ1) is 15.0. The van der Waals surface area contributed by atoms with Gasteiger partial charge in [-0.25, -0.2) is 18.3 Å². The van der Waals surface area contributed by atoms with E-state index in [1.165, 1.54) is 12.1 Å². The normalized spacial score (nSPS) is 11.1. The van der Waals surface area contributed by atoms with Crippen LogP contribution in [0.5, 0.6) is 0 Å². The van der Waals surface area contributed by atoms with Crippen LogP contribution < -0.4 is 5.56 Å². The molecule has 3 nitrogen and oxygen atoms in total. The van der Waals surface area contributed by atoms with Crippen molar-refractivity contribution in [1.29, 1.82) is 0 Å². The molecule has 2 aromatic carbocycles. The Bertz CT molecular complexity index is 922. The van der Waals surface area contributed by atoms with Gasteiger partial charge in [0.15, 0.2) is 5.16 Å². The zero-order valence-electron chi connectivity index (χ0n) is 11.3. The van der Waals surface area contributed by atoms with E-state index in [0.717, 1.165) is 28.5 Å². The highest BCUT2D eigenvalue weighted by atomic mass is 35.5. The summed E-state index contributed by atoms with van der Waals surface area (Å²) in [6.07, 6.45) is 1.67. The van der Waals surface area contributed by atoms with E-state index >= 15 is 0 Å². The predicted octanol–water partition coefficient (Wildman–Crippen LogP) is 4.04. The maximum Gasteiger partial charge on any atom is 0.266 e. The molecule has 0 aliphatic heterocycles. The van der Waals surface area contributed by atoms with E-state index in [1.807, 2.05) is 0 Å². The summed E-state index contributed by atoms with van der Waals surface area (Å²) in [6.45, 7) is 0. The Morgan fingerprint density at radius 3 is 2.41 bits per heavy atom. The average molecular weight is 339 g/mol. The topological polar surface area (TPSA) is 34.9 Å². The number of aromatic nitrogens is 2. The first-order valence-corrected chi connectivity index (χ1v) is 7.84. The van der Waals surface area contributed by atoms with Gasteiger partial charge in [-0.15, -0.1) is 0 Å². The number of benzene rings is 2. The second-order valence-electron chi connectivity index (χ2n) is 4.45. The van der Waals surface area contributed by atoms with E-state index in [2.05, 4.69) is 4.98 Å². The average Bonchev–Trinajstić information content (AvgIpc) is 2.49. The second-order valence-corrected chi connectivity index (χ2v) is 5.63. The SMILES string of the molecule is CSc1nc2c(Cl)cccc2c(=O)n1-c1c(F)cccc1F. The van der Waals surface area contributed by atoms with Gasteiger partial charge in [-0.1, -0.05) is 35.5 Å². The van der Waals surface area contributed by atoms with Crippen molar-refractivity contribution in [2.75, 3.05) is 6.26 Å². The summed E-state index contributed by atoms with van der Waals surface area (Å²) in [7, 11) is 0. The number of nitrogens with zero attached hydrogens (tertiary/aromatic N) is 2. The highest BCUT2D eigenvalue weighted by Crippen LogP contribution is 2.26. The van der Waals surface area contributed by atoms with E-state index in [0.29, 0.717) is 10.5 Å². The molecule has 0 spiro atoms. The molecule has 0 saturated carbocycles. The van der Waals surface area contributed by atoms with E-state index in [4.69, 9.17) is 11.6 Å². The van der Waals surface area contributed by atoms with Crippen LogP contribution in [-0.4, -0.2) is 15.8 Å². The molecular weight excluding hydrogens is 330 g/mol. The van der Waals surface area contributed by atoms with Crippen molar-refractivity contribution in [2.24, 2.45) is 0 Å². The molecule has 0 aliphatic rings. The first-order chi connectivity index (χ1) is 10.5. The quantitative estimate of drug-likeness (QED) is 0.522. The summed E-state index contributed by atoms with van der Waals surface area (Å²) in [5.74, 6) is -1.67. The van der Waals surface area contributed by atoms with Crippen molar-refractivity contribution < 1.29 is 8.78 Å². The fraction of sp³-hybridized carbons (Fsp3) is 0.0667. The lowest BCUT2D eigenvalue weighted by Gasteiger charge is -2.13. The summed E-state index contributed by atoms with van der Waals surface area (Å²) in [4.78, 5) is 17.0. The zero-order chi connectivity index (χ0) is 15.9. The largest absolute Gasteiger partial charge is 0.268 e. The summed E-state index contributed by atoms with van der Waals surface area (Å²) in [5.41, 5.74) is -0.696. The molecule has 3 rings (SSSR count). The molecule has 22 heavy (non-hydrogen) atoms. The van der Waals surface area contributed by atoms with E-state index in [1.54, 1.807) is 18.4 Å². The monoisotopic (exact) mass is 338 g/mol. The molecular formula is C15H9ClF2N2OS. The zero-order valence-corrected chi connectivity index (χ0v) is 12.9. The number of rotatable bonds is 2. The van der Waals surface area contributed by atoms with Crippen molar-refractivity contribution in [1.82, 2.24) is 9.55 Å². The van der Waals surface area contributed by atoms with Gasteiger partial charge >= 0.3 is 0 Å². The van der Waals surface area contributed by atoms with Crippen molar-refractivity contribution in [3.63, 3.8) is 0 Å². The Balaban J connectivity index is 2.49. The smallest absolute Gasteiger partial charge is 0.266 e. The molecule has 0 N–H and O–H groups in total. The number of hydrogen-bond acceptors (Lipinski definition) is 3. The Labute approximate surface area is 133 Å².